The summed E-state index contributed by atoms with van der Waals surface area (Å²) in [4.78, 5) is 0.538. The van der Waals surface area contributed by atoms with Gasteiger partial charge in [-0.2, -0.15) is 0 Å². The van der Waals surface area contributed by atoms with E-state index in [1.165, 1.54) is 0 Å². The largest absolute Gasteiger partial charge is 0.488 e. The van der Waals surface area contributed by atoms with E-state index in [4.69, 9.17) is 16.3 Å². The summed E-state index contributed by atoms with van der Waals surface area (Å²) < 4.78 is 7.04. The van der Waals surface area contributed by atoms with Gasteiger partial charge in [-0.05, 0) is 31.0 Å². The molecule has 0 amide bonds. The van der Waals surface area contributed by atoms with Crippen LogP contribution in [0.2, 0.25) is 5.02 Å². The minimum atomic E-state index is 0.200. The standard InChI is InChI=1S/C13H15Br2ClO/c1-3-13(2)11(15)7-12(13)17-10-6-8(14)4-5-9(10)16/h4-6,11-12H,3,7H2,1-2H3. The lowest BCUT2D eigenvalue weighted by Crippen LogP contribution is -2.54. The molecule has 94 valence electrons. The zero-order chi connectivity index (χ0) is 12.6. The Morgan fingerprint density at radius 3 is 2.82 bits per heavy atom. The monoisotopic (exact) mass is 380 g/mol. The molecule has 2 rings (SSSR count). The van der Waals surface area contributed by atoms with Crippen LogP contribution >= 0.6 is 43.5 Å². The molecule has 1 nitrogen and oxygen atoms in total. The Morgan fingerprint density at radius 1 is 1.53 bits per heavy atom. The fourth-order valence-electron chi connectivity index (χ4n) is 2.12. The molecular weight excluding hydrogens is 367 g/mol. The molecule has 0 saturated heterocycles. The van der Waals surface area contributed by atoms with Gasteiger partial charge in [-0.25, -0.2) is 0 Å². The summed E-state index contributed by atoms with van der Waals surface area (Å²) in [7, 11) is 0. The third-order valence-electron chi connectivity index (χ3n) is 3.80. The fourth-order valence-corrected chi connectivity index (χ4v) is 3.58. The molecule has 1 aliphatic carbocycles. The normalized spacial score (nSPS) is 32.1. The SMILES string of the molecule is CCC1(C)C(Br)CC1Oc1cc(Br)ccc1Cl. The van der Waals surface area contributed by atoms with Crippen LogP contribution in [0.5, 0.6) is 5.75 Å². The molecule has 0 radical (unpaired) electrons. The maximum absolute atomic E-state index is 6.14. The van der Waals surface area contributed by atoms with Crippen LogP contribution in [0.3, 0.4) is 0 Å². The van der Waals surface area contributed by atoms with Gasteiger partial charge in [0.05, 0.1) is 5.02 Å². The average molecular weight is 383 g/mol. The zero-order valence-corrected chi connectivity index (χ0v) is 13.8. The van der Waals surface area contributed by atoms with E-state index in [-0.39, 0.29) is 11.5 Å². The van der Waals surface area contributed by atoms with Crippen LogP contribution in [0.25, 0.3) is 0 Å². The number of alkyl halides is 1. The summed E-state index contributed by atoms with van der Waals surface area (Å²) in [5.41, 5.74) is 0.200. The first-order valence-electron chi connectivity index (χ1n) is 5.73. The van der Waals surface area contributed by atoms with Crippen LogP contribution in [-0.4, -0.2) is 10.9 Å². The smallest absolute Gasteiger partial charge is 0.139 e. The molecule has 3 atom stereocenters. The van der Waals surface area contributed by atoms with Crippen molar-refractivity contribution in [3.63, 3.8) is 0 Å². The lowest BCUT2D eigenvalue weighted by atomic mass is 9.65. The number of benzene rings is 1. The topological polar surface area (TPSA) is 9.23 Å². The molecule has 1 fully saturated rings. The Kier molecular flexibility index (Phi) is 4.11. The maximum atomic E-state index is 6.14. The first-order valence-corrected chi connectivity index (χ1v) is 7.82. The van der Waals surface area contributed by atoms with Crippen molar-refractivity contribution in [1.82, 2.24) is 0 Å². The van der Waals surface area contributed by atoms with Crippen molar-refractivity contribution >= 4 is 43.5 Å². The highest BCUT2D eigenvalue weighted by Gasteiger charge is 2.51. The number of hydrogen-bond acceptors (Lipinski definition) is 1. The Balaban J connectivity index is 2.14. The van der Waals surface area contributed by atoms with Crippen LogP contribution in [0.1, 0.15) is 26.7 Å². The molecule has 4 heteroatoms. The molecule has 1 aromatic carbocycles. The Morgan fingerprint density at radius 2 is 2.24 bits per heavy atom. The second-order valence-corrected chi connectivity index (χ2v) is 7.17. The molecule has 17 heavy (non-hydrogen) atoms. The second kappa shape index (κ2) is 5.10. The van der Waals surface area contributed by atoms with Gasteiger partial charge < -0.3 is 4.74 Å². The van der Waals surface area contributed by atoms with Crippen molar-refractivity contribution in [2.24, 2.45) is 5.41 Å². The quantitative estimate of drug-likeness (QED) is 0.633. The van der Waals surface area contributed by atoms with Crippen LogP contribution in [0.15, 0.2) is 22.7 Å². The molecule has 1 saturated carbocycles. The minimum Gasteiger partial charge on any atom is -0.488 e. The lowest BCUT2D eigenvalue weighted by Gasteiger charge is -2.50. The molecule has 0 aromatic heterocycles. The molecule has 0 spiro atoms. The second-order valence-electron chi connectivity index (χ2n) is 4.74. The van der Waals surface area contributed by atoms with E-state index in [0.29, 0.717) is 9.85 Å². The van der Waals surface area contributed by atoms with E-state index < -0.39 is 0 Å². The molecule has 0 heterocycles. The highest BCUT2D eigenvalue weighted by atomic mass is 79.9. The predicted molar refractivity (Wildman–Crippen MR) is 79.3 cm³/mol. The van der Waals surface area contributed by atoms with E-state index in [2.05, 4.69) is 45.7 Å². The summed E-state index contributed by atoms with van der Waals surface area (Å²) in [5, 5.41) is 0.671. The van der Waals surface area contributed by atoms with Gasteiger partial charge in [0.1, 0.15) is 11.9 Å². The first-order chi connectivity index (χ1) is 7.97. The molecule has 0 aliphatic heterocycles. The molecular formula is C13H15Br2ClO. The summed E-state index contributed by atoms with van der Waals surface area (Å²) >= 11 is 13.3. The van der Waals surface area contributed by atoms with Gasteiger partial charge in [-0.15, -0.1) is 0 Å². The molecule has 3 unspecified atom stereocenters. The first kappa shape index (κ1) is 13.7. The highest BCUT2D eigenvalue weighted by Crippen LogP contribution is 2.50. The molecule has 0 bridgehead atoms. The van der Waals surface area contributed by atoms with Crippen molar-refractivity contribution in [1.29, 1.82) is 0 Å². The molecule has 1 aliphatic rings. The van der Waals surface area contributed by atoms with Crippen LogP contribution in [0, 0.1) is 5.41 Å². The van der Waals surface area contributed by atoms with Gasteiger partial charge in [0.25, 0.3) is 0 Å². The van der Waals surface area contributed by atoms with Crippen molar-refractivity contribution in [2.75, 3.05) is 0 Å². The highest BCUT2D eigenvalue weighted by molar-refractivity contribution is 9.10. The minimum absolute atomic E-state index is 0.200. The Labute approximate surface area is 124 Å². The Bertz CT molecular complexity index is 424. The van der Waals surface area contributed by atoms with Gasteiger partial charge in [0, 0.05) is 14.7 Å². The number of halogens is 3. The van der Waals surface area contributed by atoms with Crippen LogP contribution < -0.4 is 4.74 Å². The summed E-state index contributed by atoms with van der Waals surface area (Å²) in [5.74, 6) is 0.769. The Hall–Kier alpha value is 0.270. The van der Waals surface area contributed by atoms with E-state index in [9.17, 15) is 0 Å². The average Bonchev–Trinajstić information content (AvgIpc) is 2.32. The van der Waals surface area contributed by atoms with E-state index in [1.54, 1.807) is 0 Å². The van der Waals surface area contributed by atoms with Crippen molar-refractivity contribution in [2.45, 2.75) is 37.6 Å². The zero-order valence-electron chi connectivity index (χ0n) is 9.84. The van der Waals surface area contributed by atoms with Gasteiger partial charge in [0.2, 0.25) is 0 Å². The van der Waals surface area contributed by atoms with Crippen molar-refractivity contribution in [3.8, 4) is 5.75 Å². The lowest BCUT2D eigenvalue weighted by molar-refractivity contribution is -0.0242. The van der Waals surface area contributed by atoms with Gasteiger partial charge >= 0.3 is 0 Å². The fraction of sp³-hybridized carbons (Fsp3) is 0.538. The third kappa shape index (κ3) is 2.52. The van der Waals surface area contributed by atoms with E-state index in [0.717, 1.165) is 23.1 Å². The number of rotatable bonds is 3. The third-order valence-corrected chi connectivity index (χ3v) is 6.02. The molecule has 0 N–H and O–H groups in total. The number of hydrogen-bond donors (Lipinski definition) is 0. The predicted octanol–water partition coefficient (Wildman–Crippen LogP) is 5.43. The summed E-state index contributed by atoms with van der Waals surface area (Å²) in [6.07, 6.45) is 2.37. The van der Waals surface area contributed by atoms with Gasteiger partial charge in [-0.1, -0.05) is 57.3 Å². The van der Waals surface area contributed by atoms with Crippen LogP contribution in [0.4, 0.5) is 0 Å². The summed E-state index contributed by atoms with van der Waals surface area (Å²) in [6.45, 7) is 4.46. The van der Waals surface area contributed by atoms with Gasteiger partial charge in [-0.3, -0.25) is 0 Å². The molecule has 1 aromatic rings. The van der Waals surface area contributed by atoms with Crippen molar-refractivity contribution < 1.29 is 4.74 Å². The summed E-state index contributed by atoms with van der Waals surface area (Å²) in [6, 6.07) is 5.71. The number of ether oxygens (including phenoxy) is 1. The van der Waals surface area contributed by atoms with E-state index >= 15 is 0 Å². The van der Waals surface area contributed by atoms with Crippen LogP contribution in [-0.2, 0) is 0 Å². The maximum Gasteiger partial charge on any atom is 0.139 e. The van der Waals surface area contributed by atoms with E-state index in [1.807, 2.05) is 18.2 Å². The van der Waals surface area contributed by atoms with Gasteiger partial charge in [0.15, 0.2) is 0 Å². The van der Waals surface area contributed by atoms with Crippen molar-refractivity contribution in [3.05, 3.63) is 27.7 Å².